The monoisotopic (exact) mass is 290 g/mol. The number of aromatic nitrogens is 2. The minimum atomic E-state index is -0.122. The second-order valence-electron chi connectivity index (χ2n) is 6.40. The van der Waals surface area contributed by atoms with E-state index in [4.69, 9.17) is 0 Å². The van der Waals surface area contributed by atoms with Gasteiger partial charge in [0.15, 0.2) is 0 Å². The lowest BCUT2D eigenvalue weighted by atomic mass is 9.89. The van der Waals surface area contributed by atoms with Crippen LogP contribution in [-0.2, 0) is 0 Å². The molecular formula is C16H26N4O. The molecule has 1 aromatic heterocycles. The molecule has 116 valence electrons. The summed E-state index contributed by atoms with van der Waals surface area (Å²) in [5, 5.41) is 13.6. The molecule has 0 spiro atoms. The van der Waals surface area contributed by atoms with E-state index in [-0.39, 0.29) is 6.10 Å². The van der Waals surface area contributed by atoms with Crippen LogP contribution in [0.3, 0.4) is 0 Å². The summed E-state index contributed by atoms with van der Waals surface area (Å²) in [6, 6.07) is 2.75. The topological polar surface area (TPSA) is 61.3 Å². The molecule has 1 saturated carbocycles. The van der Waals surface area contributed by atoms with Gasteiger partial charge in [-0.2, -0.15) is 0 Å². The van der Waals surface area contributed by atoms with Crippen LogP contribution < -0.4 is 5.32 Å². The Kier molecular flexibility index (Phi) is 4.70. The molecule has 2 N–H and O–H groups in total. The van der Waals surface area contributed by atoms with Crippen LogP contribution in [0, 0.1) is 6.92 Å². The van der Waals surface area contributed by atoms with Gasteiger partial charge in [-0.05, 0) is 38.7 Å². The Hall–Kier alpha value is -1.20. The molecule has 2 fully saturated rings. The van der Waals surface area contributed by atoms with Crippen molar-refractivity contribution in [2.75, 3.05) is 18.4 Å². The lowest BCUT2D eigenvalue weighted by molar-refractivity contribution is 0.00990. The third-order valence-electron chi connectivity index (χ3n) is 4.82. The summed E-state index contributed by atoms with van der Waals surface area (Å²) in [5.74, 6) is 0.742. The van der Waals surface area contributed by atoms with Crippen molar-refractivity contribution < 1.29 is 5.11 Å². The van der Waals surface area contributed by atoms with E-state index >= 15 is 0 Å². The van der Waals surface area contributed by atoms with Crippen molar-refractivity contribution in [1.82, 2.24) is 14.9 Å². The molecule has 1 aromatic rings. The zero-order chi connectivity index (χ0) is 14.7. The summed E-state index contributed by atoms with van der Waals surface area (Å²) < 4.78 is 0. The highest BCUT2D eigenvalue weighted by molar-refractivity contribution is 5.26. The first kappa shape index (κ1) is 14.7. The van der Waals surface area contributed by atoms with Crippen LogP contribution in [0.1, 0.15) is 44.2 Å². The molecular weight excluding hydrogens is 264 g/mol. The number of aryl methyl sites for hydroxylation is 1. The SMILES string of the molecule is Cc1ccnc(NC2CCN(C3CCCCC3O)CC2)n1. The van der Waals surface area contributed by atoms with Gasteiger partial charge in [-0.3, -0.25) is 4.90 Å². The summed E-state index contributed by atoms with van der Waals surface area (Å²) in [6.07, 6.45) is 8.44. The van der Waals surface area contributed by atoms with E-state index in [1.807, 2.05) is 13.0 Å². The number of aliphatic hydroxyl groups is 1. The molecule has 0 aromatic carbocycles. The summed E-state index contributed by atoms with van der Waals surface area (Å²) in [4.78, 5) is 11.2. The van der Waals surface area contributed by atoms with Crippen molar-refractivity contribution in [3.05, 3.63) is 18.0 Å². The lowest BCUT2D eigenvalue weighted by Gasteiger charge is -2.41. The smallest absolute Gasteiger partial charge is 0.223 e. The van der Waals surface area contributed by atoms with E-state index in [1.54, 1.807) is 6.20 Å². The Labute approximate surface area is 126 Å². The maximum absolute atomic E-state index is 10.2. The zero-order valence-corrected chi connectivity index (χ0v) is 12.8. The van der Waals surface area contributed by atoms with Gasteiger partial charge in [0.25, 0.3) is 0 Å². The van der Waals surface area contributed by atoms with Crippen LogP contribution in [0.4, 0.5) is 5.95 Å². The number of hydrogen-bond acceptors (Lipinski definition) is 5. The first-order valence-corrected chi connectivity index (χ1v) is 8.20. The van der Waals surface area contributed by atoms with Gasteiger partial charge in [0.1, 0.15) is 0 Å². The normalized spacial score (nSPS) is 28.5. The number of nitrogens with one attached hydrogen (secondary N) is 1. The van der Waals surface area contributed by atoms with Crippen LogP contribution in [0.5, 0.6) is 0 Å². The van der Waals surface area contributed by atoms with Crippen molar-refractivity contribution in [2.45, 2.75) is 63.6 Å². The van der Waals surface area contributed by atoms with Crippen LogP contribution >= 0.6 is 0 Å². The number of piperidine rings is 1. The Bertz CT molecular complexity index is 459. The number of nitrogens with zero attached hydrogens (tertiary/aromatic N) is 3. The van der Waals surface area contributed by atoms with E-state index in [0.29, 0.717) is 12.1 Å². The van der Waals surface area contributed by atoms with Crippen molar-refractivity contribution in [1.29, 1.82) is 0 Å². The predicted molar refractivity (Wildman–Crippen MR) is 83.2 cm³/mol. The molecule has 1 aliphatic carbocycles. The molecule has 2 atom stereocenters. The summed E-state index contributed by atoms with van der Waals surface area (Å²) >= 11 is 0. The minimum absolute atomic E-state index is 0.122. The molecule has 2 heterocycles. The number of hydrogen-bond donors (Lipinski definition) is 2. The second-order valence-corrected chi connectivity index (χ2v) is 6.40. The summed E-state index contributed by atoms with van der Waals surface area (Å²) in [5.41, 5.74) is 0.996. The van der Waals surface area contributed by atoms with Gasteiger partial charge in [-0.1, -0.05) is 12.8 Å². The molecule has 3 rings (SSSR count). The number of anilines is 1. The molecule has 2 unspecified atom stereocenters. The molecule has 0 bridgehead atoms. The zero-order valence-electron chi connectivity index (χ0n) is 12.8. The fourth-order valence-corrected chi connectivity index (χ4v) is 3.59. The predicted octanol–water partition coefficient (Wildman–Crippen LogP) is 1.96. The number of rotatable bonds is 3. The first-order chi connectivity index (χ1) is 10.2. The first-order valence-electron chi connectivity index (χ1n) is 8.20. The molecule has 2 aliphatic rings. The highest BCUT2D eigenvalue weighted by Gasteiger charge is 2.31. The maximum atomic E-state index is 10.2. The maximum Gasteiger partial charge on any atom is 0.223 e. The van der Waals surface area contributed by atoms with Crippen LogP contribution in [0.2, 0.25) is 0 Å². The Morgan fingerprint density at radius 3 is 2.67 bits per heavy atom. The van der Waals surface area contributed by atoms with Gasteiger partial charge in [-0.25, -0.2) is 9.97 Å². The second kappa shape index (κ2) is 6.71. The minimum Gasteiger partial charge on any atom is -0.391 e. The number of likely N-dealkylation sites (tertiary alicyclic amines) is 1. The average molecular weight is 290 g/mol. The van der Waals surface area contributed by atoms with E-state index in [2.05, 4.69) is 20.2 Å². The van der Waals surface area contributed by atoms with Crippen molar-refractivity contribution in [3.8, 4) is 0 Å². The van der Waals surface area contributed by atoms with Crippen LogP contribution in [-0.4, -0.2) is 51.3 Å². The quantitative estimate of drug-likeness (QED) is 0.891. The van der Waals surface area contributed by atoms with E-state index in [0.717, 1.165) is 50.4 Å². The largest absolute Gasteiger partial charge is 0.391 e. The van der Waals surface area contributed by atoms with Gasteiger partial charge in [0, 0.05) is 37.1 Å². The van der Waals surface area contributed by atoms with Crippen molar-refractivity contribution in [2.24, 2.45) is 0 Å². The molecule has 1 saturated heterocycles. The third kappa shape index (κ3) is 3.71. The van der Waals surface area contributed by atoms with Crippen LogP contribution in [0.25, 0.3) is 0 Å². The molecule has 5 nitrogen and oxygen atoms in total. The Morgan fingerprint density at radius 1 is 1.19 bits per heavy atom. The van der Waals surface area contributed by atoms with Gasteiger partial charge in [0.2, 0.25) is 5.95 Å². The average Bonchev–Trinajstić information content (AvgIpc) is 2.49. The van der Waals surface area contributed by atoms with E-state index in [1.165, 1.54) is 12.8 Å². The summed E-state index contributed by atoms with van der Waals surface area (Å²) in [6.45, 7) is 4.11. The van der Waals surface area contributed by atoms with Crippen molar-refractivity contribution in [3.63, 3.8) is 0 Å². The standard InChI is InChI=1S/C16H26N4O/c1-12-6-9-17-16(18-12)19-13-7-10-20(11-8-13)14-4-2-3-5-15(14)21/h6,9,13-15,21H,2-5,7-8,10-11H2,1H3,(H,17,18,19). The lowest BCUT2D eigenvalue weighted by Crippen LogP contribution is -2.50. The number of aliphatic hydroxyl groups excluding tert-OH is 1. The highest BCUT2D eigenvalue weighted by atomic mass is 16.3. The van der Waals surface area contributed by atoms with Crippen LogP contribution in [0.15, 0.2) is 12.3 Å². The molecule has 0 radical (unpaired) electrons. The highest BCUT2D eigenvalue weighted by Crippen LogP contribution is 2.26. The Balaban J connectivity index is 1.50. The van der Waals surface area contributed by atoms with Gasteiger partial charge < -0.3 is 10.4 Å². The molecule has 5 heteroatoms. The summed E-state index contributed by atoms with van der Waals surface area (Å²) in [7, 11) is 0. The van der Waals surface area contributed by atoms with Gasteiger partial charge in [-0.15, -0.1) is 0 Å². The fraction of sp³-hybridized carbons (Fsp3) is 0.750. The molecule has 1 aliphatic heterocycles. The van der Waals surface area contributed by atoms with Gasteiger partial charge in [0.05, 0.1) is 6.10 Å². The van der Waals surface area contributed by atoms with Crippen molar-refractivity contribution >= 4 is 5.95 Å². The molecule has 21 heavy (non-hydrogen) atoms. The Morgan fingerprint density at radius 2 is 1.95 bits per heavy atom. The third-order valence-corrected chi connectivity index (χ3v) is 4.82. The van der Waals surface area contributed by atoms with Gasteiger partial charge >= 0.3 is 0 Å². The van der Waals surface area contributed by atoms with E-state index in [9.17, 15) is 5.11 Å². The fourth-order valence-electron chi connectivity index (χ4n) is 3.59. The molecule has 0 amide bonds. The van der Waals surface area contributed by atoms with E-state index < -0.39 is 0 Å².